The molecule has 0 amide bonds. The summed E-state index contributed by atoms with van der Waals surface area (Å²) < 4.78 is 12.0. The Morgan fingerprint density at radius 2 is 2.29 bits per heavy atom. The molecule has 2 N–H and O–H groups in total. The van der Waals surface area contributed by atoms with Crippen molar-refractivity contribution < 1.29 is 4.39 Å². The van der Waals surface area contributed by atoms with Gasteiger partial charge in [-0.05, 0) is 54.0 Å². The maximum absolute atomic E-state index is 13.2. The van der Waals surface area contributed by atoms with Crippen LogP contribution in [0.5, 0.6) is 0 Å². The van der Waals surface area contributed by atoms with E-state index in [2.05, 4.69) is 4.98 Å². The minimum Gasteiger partial charge on any atom is -0.326 e. The van der Waals surface area contributed by atoms with Crippen molar-refractivity contribution in [2.24, 2.45) is 5.73 Å². The normalized spacial score (nSPS) is 15.1. The number of rotatable bonds is 4. The van der Waals surface area contributed by atoms with Gasteiger partial charge in [-0.25, -0.2) is 4.39 Å². The zero-order valence-electron chi connectivity index (χ0n) is 8.13. The van der Waals surface area contributed by atoms with Crippen molar-refractivity contribution in [1.29, 1.82) is 0 Å². The summed E-state index contributed by atoms with van der Waals surface area (Å²) in [6.07, 6.45) is 2.90. The minimum absolute atomic E-state index is 0.489. The molecule has 1 heterocycles. The van der Waals surface area contributed by atoms with Gasteiger partial charge in [-0.3, -0.25) is 4.98 Å². The second kappa shape index (κ2) is 5.02. The topological polar surface area (TPSA) is 38.9 Å². The van der Waals surface area contributed by atoms with Gasteiger partial charge in [-0.1, -0.05) is 6.07 Å². The second-order valence-electron chi connectivity index (χ2n) is 3.43. The highest BCUT2D eigenvalue weighted by molar-refractivity contribution is 14.1. The molecule has 0 radical (unpaired) electrons. The fourth-order valence-electron chi connectivity index (χ4n) is 1.07. The first-order valence-electron chi connectivity index (χ1n) is 4.53. The van der Waals surface area contributed by atoms with Gasteiger partial charge in [0.2, 0.25) is 0 Å². The highest BCUT2D eigenvalue weighted by Gasteiger charge is 2.17. The monoisotopic (exact) mass is 308 g/mol. The Kier molecular flexibility index (Phi) is 4.25. The Labute approximate surface area is 97.2 Å². The van der Waals surface area contributed by atoms with E-state index in [1.54, 1.807) is 35.7 Å². The molecule has 0 aromatic carbocycles. The largest absolute Gasteiger partial charge is 0.326 e. The third kappa shape index (κ3) is 4.32. The van der Waals surface area contributed by atoms with Gasteiger partial charge in [-0.15, -0.1) is 0 Å². The first-order valence-corrected chi connectivity index (χ1v) is 5.61. The smallest absolute Gasteiger partial charge is 0.158 e. The lowest BCUT2D eigenvalue weighted by Gasteiger charge is -2.10. The predicted octanol–water partition coefficient (Wildman–Crippen LogP) is 2.59. The van der Waals surface area contributed by atoms with E-state index < -0.39 is 3.68 Å². The molecule has 1 aromatic heterocycles. The number of alkyl halides is 2. The van der Waals surface area contributed by atoms with Crippen molar-refractivity contribution in [3.8, 4) is 0 Å². The van der Waals surface area contributed by atoms with Crippen LogP contribution in [0, 0.1) is 0 Å². The molecule has 0 spiro atoms. The molecule has 0 aliphatic carbocycles. The number of pyridine rings is 1. The number of nitrogens with two attached hydrogens (primary N) is 1. The van der Waals surface area contributed by atoms with Crippen molar-refractivity contribution in [1.82, 2.24) is 4.98 Å². The van der Waals surface area contributed by atoms with E-state index in [0.29, 0.717) is 19.4 Å². The molecule has 1 atom stereocenters. The summed E-state index contributed by atoms with van der Waals surface area (Å²) >= 11 is 1.80. The van der Waals surface area contributed by atoms with Crippen LogP contribution < -0.4 is 5.73 Å². The van der Waals surface area contributed by atoms with Crippen molar-refractivity contribution in [2.45, 2.75) is 30.0 Å². The van der Waals surface area contributed by atoms with Crippen LogP contribution in [0.4, 0.5) is 4.39 Å². The van der Waals surface area contributed by atoms with E-state index in [1.165, 1.54) is 0 Å². The van der Waals surface area contributed by atoms with Crippen molar-refractivity contribution >= 4 is 22.6 Å². The molecule has 1 unspecified atom stereocenters. The fourth-order valence-corrected chi connectivity index (χ4v) is 1.34. The molecule has 4 heteroatoms. The van der Waals surface area contributed by atoms with Crippen LogP contribution in [0.3, 0.4) is 0 Å². The van der Waals surface area contributed by atoms with Gasteiger partial charge in [0.1, 0.15) is 0 Å². The Morgan fingerprint density at radius 1 is 1.57 bits per heavy atom. The number of aromatic nitrogens is 1. The molecular formula is C10H14FIN2. The number of halogens is 2. The van der Waals surface area contributed by atoms with E-state index in [1.807, 2.05) is 12.1 Å². The van der Waals surface area contributed by atoms with Gasteiger partial charge in [0.05, 0.1) is 0 Å². The Balaban J connectivity index is 2.52. The molecule has 0 bridgehead atoms. The lowest BCUT2D eigenvalue weighted by atomic mass is 10.1. The highest BCUT2D eigenvalue weighted by atomic mass is 127. The first kappa shape index (κ1) is 11.8. The molecule has 78 valence electrons. The van der Waals surface area contributed by atoms with Crippen LogP contribution >= 0.6 is 22.6 Å². The van der Waals surface area contributed by atoms with Gasteiger partial charge >= 0.3 is 0 Å². The Bertz CT molecular complexity index is 279. The maximum atomic E-state index is 13.2. The van der Waals surface area contributed by atoms with Gasteiger partial charge in [0.15, 0.2) is 3.68 Å². The molecule has 0 aliphatic heterocycles. The first-order chi connectivity index (χ1) is 6.51. The molecular weight excluding hydrogens is 294 g/mol. The molecule has 0 fully saturated rings. The minimum atomic E-state index is -1.15. The molecule has 1 rings (SSSR count). The highest BCUT2D eigenvalue weighted by Crippen LogP contribution is 2.25. The predicted molar refractivity (Wildman–Crippen MR) is 64.0 cm³/mol. The van der Waals surface area contributed by atoms with Crippen LogP contribution in [0.25, 0.3) is 0 Å². The summed E-state index contributed by atoms with van der Waals surface area (Å²) in [7, 11) is 0. The molecule has 0 saturated heterocycles. The maximum Gasteiger partial charge on any atom is 0.158 e. The summed E-state index contributed by atoms with van der Waals surface area (Å²) in [5.41, 5.74) is 7.37. The molecule has 14 heavy (non-hydrogen) atoms. The van der Waals surface area contributed by atoms with E-state index in [-0.39, 0.29) is 0 Å². The lowest BCUT2D eigenvalue weighted by molar-refractivity contribution is 0.319. The van der Waals surface area contributed by atoms with Gasteiger partial charge in [-0.2, -0.15) is 0 Å². The van der Waals surface area contributed by atoms with Crippen LogP contribution in [-0.2, 0) is 13.0 Å². The van der Waals surface area contributed by atoms with E-state index >= 15 is 0 Å². The molecule has 1 aromatic rings. The Morgan fingerprint density at radius 3 is 2.71 bits per heavy atom. The number of nitrogens with zero attached hydrogens (tertiary/aromatic N) is 1. The van der Waals surface area contributed by atoms with Crippen LogP contribution in [-0.4, -0.2) is 8.66 Å². The zero-order valence-corrected chi connectivity index (χ0v) is 10.3. The van der Waals surface area contributed by atoms with Crippen LogP contribution in [0.1, 0.15) is 24.6 Å². The van der Waals surface area contributed by atoms with Crippen molar-refractivity contribution in [3.63, 3.8) is 0 Å². The summed E-state index contributed by atoms with van der Waals surface area (Å²) in [5, 5.41) is 0. The summed E-state index contributed by atoms with van der Waals surface area (Å²) in [6, 6.07) is 3.84. The molecule has 2 nitrogen and oxygen atoms in total. The number of aryl methyl sites for hydroxylation is 1. The zero-order chi connectivity index (χ0) is 10.6. The fraction of sp³-hybridized carbons (Fsp3) is 0.500. The Hall–Kier alpha value is -0.230. The van der Waals surface area contributed by atoms with Gasteiger partial charge in [0, 0.05) is 18.4 Å². The second-order valence-corrected chi connectivity index (χ2v) is 5.68. The summed E-state index contributed by atoms with van der Waals surface area (Å²) in [4.78, 5) is 4.20. The summed E-state index contributed by atoms with van der Waals surface area (Å²) in [6.45, 7) is 2.07. The average Bonchev–Trinajstić information content (AvgIpc) is 2.14. The number of hydrogen-bond donors (Lipinski definition) is 1. The van der Waals surface area contributed by atoms with E-state index in [0.717, 1.165) is 11.3 Å². The van der Waals surface area contributed by atoms with Crippen molar-refractivity contribution in [2.75, 3.05) is 0 Å². The van der Waals surface area contributed by atoms with Gasteiger partial charge < -0.3 is 5.73 Å². The number of hydrogen-bond acceptors (Lipinski definition) is 2. The third-order valence-electron chi connectivity index (χ3n) is 1.94. The van der Waals surface area contributed by atoms with Crippen LogP contribution in [0.2, 0.25) is 0 Å². The van der Waals surface area contributed by atoms with Gasteiger partial charge in [0.25, 0.3) is 0 Å². The average molecular weight is 308 g/mol. The third-order valence-corrected chi connectivity index (χ3v) is 2.48. The van der Waals surface area contributed by atoms with Crippen molar-refractivity contribution in [3.05, 3.63) is 29.6 Å². The van der Waals surface area contributed by atoms with E-state index in [4.69, 9.17) is 5.73 Å². The lowest BCUT2D eigenvalue weighted by Crippen LogP contribution is -2.08. The quantitative estimate of drug-likeness (QED) is 0.686. The summed E-state index contributed by atoms with van der Waals surface area (Å²) in [5.74, 6) is 0. The molecule has 0 aliphatic rings. The standard InChI is InChI=1S/C10H14FIN2/c1-10(11,12)5-4-9-3-2-8(6-13)7-14-9/h2-3,7H,4-6,13H2,1H3. The molecule has 0 saturated carbocycles. The SMILES string of the molecule is CC(F)(I)CCc1ccc(CN)cn1. The van der Waals surface area contributed by atoms with Crippen LogP contribution in [0.15, 0.2) is 18.3 Å². The van der Waals surface area contributed by atoms with E-state index in [9.17, 15) is 4.39 Å².